The summed E-state index contributed by atoms with van der Waals surface area (Å²) in [4.78, 5) is 0. The van der Waals surface area contributed by atoms with Crippen molar-refractivity contribution < 1.29 is 0 Å². The van der Waals surface area contributed by atoms with Crippen molar-refractivity contribution in [2.24, 2.45) is 0 Å². The van der Waals surface area contributed by atoms with Crippen LogP contribution in [0, 0.1) is 13.8 Å². The summed E-state index contributed by atoms with van der Waals surface area (Å²) < 4.78 is 1.47. The molecule has 6 nitrogen and oxygen atoms in total. The number of aryl methyl sites for hydroxylation is 1. The van der Waals surface area contributed by atoms with Crippen LogP contribution >= 0.6 is 23.2 Å². The Morgan fingerprint density at radius 3 is 2.07 bits per heavy atom. The van der Waals surface area contributed by atoms with E-state index in [4.69, 9.17) is 23.2 Å². The molecule has 0 saturated heterocycles. The summed E-state index contributed by atoms with van der Waals surface area (Å²) in [6.07, 6.45) is 0. The molecule has 0 radical (unpaired) electrons. The summed E-state index contributed by atoms with van der Waals surface area (Å²) in [5, 5.41) is 19.4. The lowest BCUT2D eigenvalue weighted by atomic mass is 10.4. The number of aromatic nitrogens is 6. The molecule has 0 bridgehead atoms. The van der Waals surface area contributed by atoms with Crippen molar-refractivity contribution in [2.45, 2.75) is 13.8 Å². The van der Waals surface area contributed by atoms with Gasteiger partial charge in [0, 0.05) is 0 Å². The Labute approximate surface area is 95.2 Å². The van der Waals surface area contributed by atoms with Crippen molar-refractivity contribution >= 4 is 23.2 Å². The first-order valence-electron chi connectivity index (χ1n) is 4.04. The molecule has 0 atom stereocenters. The highest BCUT2D eigenvalue weighted by molar-refractivity contribution is 6.31. The highest BCUT2D eigenvalue weighted by atomic mass is 35.5. The molecule has 0 N–H and O–H groups in total. The van der Waals surface area contributed by atoms with Crippen LogP contribution in [0.3, 0.4) is 0 Å². The maximum Gasteiger partial charge on any atom is 0.289 e. The average Bonchev–Trinajstić information content (AvgIpc) is 2.47. The van der Waals surface area contributed by atoms with Crippen LogP contribution in [0.15, 0.2) is 0 Å². The first-order chi connectivity index (χ1) is 7.09. The SMILES string of the molecule is Cc1nn(-c2nnc(Cl)nn2)c(C)c1Cl. The van der Waals surface area contributed by atoms with E-state index in [1.807, 2.05) is 0 Å². The van der Waals surface area contributed by atoms with Gasteiger partial charge in [0.15, 0.2) is 0 Å². The van der Waals surface area contributed by atoms with Gasteiger partial charge < -0.3 is 0 Å². The van der Waals surface area contributed by atoms with Crippen LogP contribution in [0.1, 0.15) is 11.4 Å². The van der Waals surface area contributed by atoms with Gasteiger partial charge >= 0.3 is 0 Å². The Bertz CT molecular complexity index is 491. The van der Waals surface area contributed by atoms with Gasteiger partial charge in [0.05, 0.1) is 16.4 Å². The van der Waals surface area contributed by atoms with Crippen molar-refractivity contribution in [3.05, 3.63) is 21.7 Å². The minimum absolute atomic E-state index is 0.00798. The first-order valence-corrected chi connectivity index (χ1v) is 4.80. The molecule has 0 aliphatic heterocycles. The number of rotatable bonds is 1. The van der Waals surface area contributed by atoms with E-state index >= 15 is 0 Å². The Kier molecular flexibility index (Phi) is 2.54. The Hall–Kier alpha value is -1.27. The van der Waals surface area contributed by atoms with E-state index in [-0.39, 0.29) is 11.2 Å². The molecule has 0 aromatic carbocycles. The van der Waals surface area contributed by atoms with Crippen LogP contribution in [-0.2, 0) is 0 Å². The second-order valence-electron chi connectivity index (χ2n) is 2.87. The van der Waals surface area contributed by atoms with Crippen molar-refractivity contribution in [3.8, 4) is 5.95 Å². The minimum Gasteiger partial charge on any atom is -0.199 e. The monoisotopic (exact) mass is 244 g/mol. The summed E-state index contributed by atoms with van der Waals surface area (Å²) in [5.41, 5.74) is 1.44. The molecular formula is C7H6Cl2N6. The first kappa shape index (κ1) is 10.3. The fourth-order valence-electron chi connectivity index (χ4n) is 1.12. The predicted octanol–water partition coefficient (Wildman–Crippen LogP) is 1.38. The molecule has 2 heterocycles. The lowest BCUT2D eigenvalue weighted by Gasteiger charge is -1.98. The van der Waals surface area contributed by atoms with Gasteiger partial charge in [0.25, 0.3) is 11.2 Å². The fourth-order valence-corrected chi connectivity index (χ4v) is 1.31. The Morgan fingerprint density at radius 1 is 1.00 bits per heavy atom. The van der Waals surface area contributed by atoms with E-state index in [1.54, 1.807) is 13.8 Å². The van der Waals surface area contributed by atoms with E-state index in [9.17, 15) is 0 Å². The number of halogens is 2. The van der Waals surface area contributed by atoms with Crippen LogP contribution in [0.2, 0.25) is 10.3 Å². The molecule has 2 aromatic heterocycles. The van der Waals surface area contributed by atoms with Crippen LogP contribution in [0.25, 0.3) is 5.95 Å². The van der Waals surface area contributed by atoms with Crippen molar-refractivity contribution in [3.63, 3.8) is 0 Å². The molecule has 2 rings (SSSR count). The van der Waals surface area contributed by atoms with Gasteiger partial charge in [-0.3, -0.25) is 0 Å². The number of nitrogens with zero attached hydrogens (tertiary/aromatic N) is 6. The summed E-state index contributed by atoms with van der Waals surface area (Å²) >= 11 is 11.4. The second kappa shape index (κ2) is 3.71. The third-order valence-corrected chi connectivity index (χ3v) is 2.53. The smallest absolute Gasteiger partial charge is 0.199 e. The molecule has 0 aliphatic rings. The van der Waals surface area contributed by atoms with Gasteiger partial charge in [-0.15, -0.1) is 20.4 Å². The third-order valence-electron chi connectivity index (χ3n) is 1.84. The van der Waals surface area contributed by atoms with Crippen molar-refractivity contribution in [1.82, 2.24) is 30.2 Å². The molecule has 0 fully saturated rings. The normalized spacial score (nSPS) is 10.7. The molecule has 8 heteroatoms. The molecule has 0 aliphatic carbocycles. The van der Waals surface area contributed by atoms with E-state index in [0.29, 0.717) is 10.7 Å². The van der Waals surface area contributed by atoms with Crippen LogP contribution < -0.4 is 0 Å². The fraction of sp³-hybridized carbons (Fsp3) is 0.286. The Morgan fingerprint density at radius 2 is 1.60 bits per heavy atom. The maximum atomic E-state index is 5.97. The molecular weight excluding hydrogens is 239 g/mol. The maximum absolute atomic E-state index is 5.97. The summed E-state index contributed by atoms with van der Waals surface area (Å²) in [6.45, 7) is 3.60. The van der Waals surface area contributed by atoms with Crippen LogP contribution in [0.5, 0.6) is 0 Å². The zero-order valence-corrected chi connectivity index (χ0v) is 9.45. The zero-order chi connectivity index (χ0) is 11.0. The van der Waals surface area contributed by atoms with Crippen LogP contribution in [-0.4, -0.2) is 30.2 Å². The summed E-state index contributed by atoms with van der Waals surface area (Å²) in [6, 6.07) is 0. The van der Waals surface area contributed by atoms with Crippen molar-refractivity contribution in [1.29, 1.82) is 0 Å². The largest absolute Gasteiger partial charge is 0.289 e. The van der Waals surface area contributed by atoms with Gasteiger partial charge in [0.2, 0.25) is 0 Å². The van der Waals surface area contributed by atoms with Gasteiger partial charge in [-0.25, -0.2) is 0 Å². The molecule has 0 unspecified atom stereocenters. The lowest BCUT2D eigenvalue weighted by Crippen LogP contribution is -2.07. The molecule has 15 heavy (non-hydrogen) atoms. The number of hydrogen-bond acceptors (Lipinski definition) is 5. The molecule has 2 aromatic rings. The quantitative estimate of drug-likeness (QED) is 0.758. The van der Waals surface area contributed by atoms with Crippen LogP contribution in [0.4, 0.5) is 0 Å². The van der Waals surface area contributed by atoms with Gasteiger partial charge in [-0.1, -0.05) is 11.6 Å². The van der Waals surface area contributed by atoms with E-state index < -0.39 is 0 Å². The van der Waals surface area contributed by atoms with Gasteiger partial charge in [-0.2, -0.15) is 9.78 Å². The van der Waals surface area contributed by atoms with E-state index in [0.717, 1.165) is 5.69 Å². The van der Waals surface area contributed by atoms with Gasteiger partial charge in [-0.05, 0) is 25.4 Å². The average molecular weight is 245 g/mol. The lowest BCUT2D eigenvalue weighted by molar-refractivity contribution is 0.709. The van der Waals surface area contributed by atoms with E-state index in [2.05, 4.69) is 25.5 Å². The molecule has 0 amide bonds. The molecule has 0 saturated carbocycles. The standard InChI is InChI=1S/C7H6Cl2N6/c1-3-5(8)4(2)15(14-3)7-12-10-6(9)11-13-7/h1-2H3. The summed E-state index contributed by atoms with van der Waals surface area (Å²) in [5.74, 6) is 0.243. The third kappa shape index (κ3) is 1.78. The number of hydrogen-bond donors (Lipinski definition) is 0. The topological polar surface area (TPSA) is 69.4 Å². The van der Waals surface area contributed by atoms with Crippen molar-refractivity contribution in [2.75, 3.05) is 0 Å². The molecule has 78 valence electrons. The van der Waals surface area contributed by atoms with Gasteiger partial charge in [0.1, 0.15) is 0 Å². The Balaban J connectivity index is 2.54. The van der Waals surface area contributed by atoms with E-state index in [1.165, 1.54) is 4.68 Å². The second-order valence-corrected chi connectivity index (χ2v) is 3.58. The highest BCUT2D eigenvalue weighted by Crippen LogP contribution is 2.20. The zero-order valence-electron chi connectivity index (χ0n) is 7.94. The highest BCUT2D eigenvalue weighted by Gasteiger charge is 2.13. The predicted molar refractivity (Wildman–Crippen MR) is 54.2 cm³/mol. The minimum atomic E-state index is -0.00798. The summed E-state index contributed by atoms with van der Waals surface area (Å²) in [7, 11) is 0. The molecule has 0 spiro atoms.